The van der Waals surface area contributed by atoms with Crippen molar-refractivity contribution in [1.82, 2.24) is 14.3 Å². The molecule has 0 amide bonds. The number of imidazole rings is 1. The molecule has 1 atom stereocenters. The van der Waals surface area contributed by atoms with Crippen molar-refractivity contribution in [3.05, 3.63) is 35.8 Å². The van der Waals surface area contributed by atoms with Crippen LogP contribution in [0.1, 0.15) is 44.6 Å². The van der Waals surface area contributed by atoms with E-state index >= 15 is 0 Å². The maximum Gasteiger partial charge on any atom is 0.260 e. The smallest absolute Gasteiger partial charge is 0.260 e. The first-order valence-corrected chi connectivity index (χ1v) is 9.74. The molecular weight excluding hydrogens is 376 g/mol. The van der Waals surface area contributed by atoms with Gasteiger partial charge in [-0.05, 0) is 45.9 Å². The number of nitrogen functional groups attached to an aromatic ring is 1. The zero-order valence-electron chi connectivity index (χ0n) is 15.3. The second-order valence-electron chi connectivity index (χ2n) is 6.95. The maximum absolute atomic E-state index is 12.8. The highest BCUT2D eigenvalue weighted by Gasteiger charge is 2.36. The minimum atomic E-state index is -3.76. The Morgan fingerprint density at radius 2 is 2.12 bits per heavy atom. The van der Waals surface area contributed by atoms with Crippen molar-refractivity contribution in [2.45, 2.75) is 57.3 Å². The summed E-state index contributed by atoms with van der Waals surface area (Å²) >= 11 is 0. The number of rotatable bonds is 4. The van der Waals surface area contributed by atoms with E-state index in [0.29, 0.717) is 30.2 Å². The van der Waals surface area contributed by atoms with Crippen LogP contribution in [0.15, 0.2) is 29.4 Å². The van der Waals surface area contributed by atoms with E-state index < -0.39 is 21.7 Å². The standard InChI is InChI=1S/C17H24N4O3S.ClH/c1-5-21-10-16(19-11(21)2)25(22,23)20-14-9-17(3,4)24-15-7-6-12(18)8-13(14)15;/h6-8,10,14,20H,5,9,18H2,1-4H3;1H. The fourth-order valence-electron chi connectivity index (χ4n) is 3.15. The average molecular weight is 401 g/mol. The van der Waals surface area contributed by atoms with E-state index in [-0.39, 0.29) is 17.4 Å². The Bertz CT molecular complexity index is 909. The van der Waals surface area contributed by atoms with Crippen molar-refractivity contribution >= 4 is 28.1 Å². The van der Waals surface area contributed by atoms with E-state index in [1.54, 1.807) is 35.9 Å². The molecule has 144 valence electrons. The van der Waals surface area contributed by atoms with E-state index in [0.717, 1.165) is 5.56 Å². The molecular formula is C17H25ClN4O3S. The minimum Gasteiger partial charge on any atom is -0.487 e. The summed E-state index contributed by atoms with van der Waals surface area (Å²) in [4.78, 5) is 4.19. The van der Waals surface area contributed by atoms with Gasteiger partial charge in [-0.2, -0.15) is 0 Å². The lowest BCUT2D eigenvalue weighted by Gasteiger charge is -2.37. The first kappa shape index (κ1) is 20.5. The lowest BCUT2D eigenvalue weighted by molar-refractivity contribution is 0.0702. The molecule has 3 rings (SSSR count). The van der Waals surface area contributed by atoms with Gasteiger partial charge in [-0.1, -0.05) is 0 Å². The summed E-state index contributed by atoms with van der Waals surface area (Å²) < 4.78 is 36.2. The molecule has 1 unspecified atom stereocenters. The highest BCUT2D eigenvalue weighted by molar-refractivity contribution is 7.89. The molecule has 1 aromatic heterocycles. The van der Waals surface area contributed by atoms with Crippen molar-refractivity contribution in [3.63, 3.8) is 0 Å². The lowest BCUT2D eigenvalue weighted by atomic mass is 9.90. The Kier molecular flexibility index (Phi) is 5.60. The largest absolute Gasteiger partial charge is 0.487 e. The van der Waals surface area contributed by atoms with Crippen LogP contribution in [0.4, 0.5) is 5.69 Å². The molecule has 0 saturated carbocycles. The third-order valence-electron chi connectivity index (χ3n) is 4.36. The summed E-state index contributed by atoms with van der Waals surface area (Å²) in [6.07, 6.45) is 2.05. The first-order valence-electron chi connectivity index (χ1n) is 8.26. The molecule has 1 aliphatic heterocycles. The van der Waals surface area contributed by atoms with E-state index in [1.165, 1.54) is 0 Å². The van der Waals surface area contributed by atoms with Crippen LogP contribution in [0.25, 0.3) is 0 Å². The van der Waals surface area contributed by atoms with E-state index in [1.807, 2.05) is 20.8 Å². The van der Waals surface area contributed by atoms with Crippen molar-refractivity contribution in [1.29, 1.82) is 0 Å². The Labute approximate surface area is 160 Å². The number of sulfonamides is 1. The molecule has 1 aromatic carbocycles. The van der Waals surface area contributed by atoms with E-state index in [4.69, 9.17) is 10.5 Å². The van der Waals surface area contributed by atoms with Crippen LogP contribution in [0.3, 0.4) is 0 Å². The second kappa shape index (κ2) is 7.09. The molecule has 2 heterocycles. The lowest BCUT2D eigenvalue weighted by Crippen LogP contribution is -2.41. The highest BCUT2D eigenvalue weighted by Crippen LogP contribution is 2.40. The molecule has 0 fully saturated rings. The molecule has 3 N–H and O–H groups in total. The number of ether oxygens (including phenoxy) is 1. The predicted octanol–water partition coefficient (Wildman–Crippen LogP) is 2.80. The molecule has 0 spiro atoms. The number of anilines is 1. The van der Waals surface area contributed by atoms with Gasteiger partial charge in [0.2, 0.25) is 0 Å². The summed E-state index contributed by atoms with van der Waals surface area (Å²) in [5.41, 5.74) is 6.70. The summed E-state index contributed by atoms with van der Waals surface area (Å²) in [6, 6.07) is 4.86. The molecule has 0 aliphatic carbocycles. The number of benzene rings is 1. The molecule has 0 saturated heterocycles. The number of nitrogens with one attached hydrogen (secondary N) is 1. The van der Waals surface area contributed by atoms with Crippen LogP contribution in [0.2, 0.25) is 0 Å². The summed E-state index contributed by atoms with van der Waals surface area (Å²) in [5, 5.41) is 0.0293. The van der Waals surface area contributed by atoms with Crippen molar-refractivity contribution in [2.24, 2.45) is 0 Å². The SMILES string of the molecule is CCn1cc(S(=O)(=O)NC2CC(C)(C)Oc3ccc(N)cc32)nc1C.Cl. The molecule has 2 aromatic rings. The molecule has 0 radical (unpaired) electrons. The van der Waals surface area contributed by atoms with Gasteiger partial charge in [0.25, 0.3) is 10.0 Å². The van der Waals surface area contributed by atoms with Gasteiger partial charge in [-0.25, -0.2) is 18.1 Å². The molecule has 26 heavy (non-hydrogen) atoms. The Morgan fingerprint density at radius 3 is 2.73 bits per heavy atom. The summed E-state index contributed by atoms with van der Waals surface area (Å²) in [5.74, 6) is 1.31. The van der Waals surface area contributed by atoms with Crippen LogP contribution >= 0.6 is 12.4 Å². The van der Waals surface area contributed by atoms with Crippen LogP contribution < -0.4 is 15.2 Å². The van der Waals surface area contributed by atoms with Crippen molar-refractivity contribution in [3.8, 4) is 5.75 Å². The third kappa shape index (κ3) is 3.97. The topological polar surface area (TPSA) is 99.2 Å². The number of hydrogen-bond donors (Lipinski definition) is 2. The van der Waals surface area contributed by atoms with Crippen molar-refractivity contribution in [2.75, 3.05) is 5.73 Å². The zero-order chi connectivity index (χ0) is 18.4. The van der Waals surface area contributed by atoms with Crippen LogP contribution in [-0.2, 0) is 16.6 Å². The first-order chi connectivity index (χ1) is 11.6. The minimum absolute atomic E-state index is 0. The number of halogens is 1. The number of hydrogen-bond acceptors (Lipinski definition) is 5. The predicted molar refractivity (Wildman–Crippen MR) is 103 cm³/mol. The Balaban J connectivity index is 0.00000243. The van der Waals surface area contributed by atoms with E-state index in [9.17, 15) is 8.42 Å². The monoisotopic (exact) mass is 400 g/mol. The number of aromatic nitrogens is 2. The van der Waals surface area contributed by atoms with Gasteiger partial charge in [0.1, 0.15) is 17.2 Å². The fraction of sp³-hybridized carbons (Fsp3) is 0.471. The third-order valence-corrected chi connectivity index (χ3v) is 5.70. The zero-order valence-corrected chi connectivity index (χ0v) is 16.9. The fourth-order valence-corrected chi connectivity index (χ4v) is 4.38. The van der Waals surface area contributed by atoms with Crippen molar-refractivity contribution < 1.29 is 13.2 Å². The van der Waals surface area contributed by atoms with Crippen LogP contribution in [-0.4, -0.2) is 23.6 Å². The summed E-state index contributed by atoms with van der Waals surface area (Å²) in [7, 11) is -3.76. The van der Waals surface area contributed by atoms with Gasteiger partial charge in [0.05, 0.1) is 6.04 Å². The van der Waals surface area contributed by atoms with Crippen LogP contribution in [0.5, 0.6) is 5.75 Å². The molecule has 1 aliphatic rings. The summed E-state index contributed by atoms with van der Waals surface area (Å²) in [6.45, 7) is 8.26. The molecule has 9 heteroatoms. The van der Waals surface area contributed by atoms with Gasteiger partial charge in [-0.3, -0.25) is 0 Å². The molecule has 0 bridgehead atoms. The van der Waals surface area contributed by atoms with Gasteiger partial charge in [0.15, 0.2) is 5.03 Å². The van der Waals surface area contributed by atoms with E-state index in [2.05, 4.69) is 9.71 Å². The molecule has 7 nitrogen and oxygen atoms in total. The number of nitrogens with two attached hydrogens (primary N) is 1. The maximum atomic E-state index is 12.8. The Morgan fingerprint density at radius 1 is 1.42 bits per heavy atom. The average Bonchev–Trinajstić information content (AvgIpc) is 2.89. The second-order valence-corrected chi connectivity index (χ2v) is 8.61. The number of fused-ring (bicyclic) bond motifs is 1. The quantitative estimate of drug-likeness (QED) is 0.768. The van der Waals surface area contributed by atoms with Crippen LogP contribution in [0, 0.1) is 6.92 Å². The van der Waals surface area contributed by atoms with Gasteiger partial charge < -0.3 is 15.0 Å². The highest BCUT2D eigenvalue weighted by atomic mass is 35.5. The normalized spacial score (nSPS) is 18.5. The van der Waals surface area contributed by atoms with Gasteiger partial charge in [-0.15, -0.1) is 12.4 Å². The van der Waals surface area contributed by atoms with Gasteiger partial charge >= 0.3 is 0 Å². The van der Waals surface area contributed by atoms with Gasteiger partial charge in [0, 0.05) is 30.4 Å². The number of aryl methyl sites for hydroxylation is 2. The Hall–Kier alpha value is -1.77. The number of nitrogens with zero attached hydrogens (tertiary/aromatic N) is 2.